The molecule has 2 aromatic heterocycles. The highest BCUT2D eigenvalue weighted by molar-refractivity contribution is 6.31. The first-order valence-electron chi connectivity index (χ1n) is 6.53. The normalized spacial score (nSPS) is 12.9. The van der Waals surface area contributed by atoms with E-state index < -0.39 is 0 Å². The van der Waals surface area contributed by atoms with Crippen molar-refractivity contribution in [3.63, 3.8) is 0 Å². The molecule has 0 fully saturated rings. The predicted octanol–water partition coefficient (Wildman–Crippen LogP) is 2.30. The van der Waals surface area contributed by atoms with Gasteiger partial charge in [0.05, 0.1) is 34.3 Å². The van der Waals surface area contributed by atoms with Crippen LogP contribution >= 0.6 is 11.6 Å². The molecular formula is C13H20ClN5. The first kappa shape index (κ1) is 14.1. The first-order valence-corrected chi connectivity index (χ1v) is 6.91. The number of nitrogens with zero attached hydrogens (tertiary/aromatic N) is 4. The van der Waals surface area contributed by atoms with E-state index in [0.29, 0.717) is 5.02 Å². The number of rotatable bonds is 5. The number of nitrogens with one attached hydrogen (secondary N) is 1. The van der Waals surface area contributed by atoms with Gasteiger partial charge in [0.25, 0.3) is 0 Å². The molecule has 19 heavy (non-hydrogen) atoms. The Labute approximate surface area is 118 Å². The number of aromatic nitrogens is 4. The lowest BCUT2D eigenvalue weighted by atomic mass is 10.1. The summed E-state index contributed by atoms with van der Waals surface area (Å²) in [4.78, 5) is 0. The van der Waals surface area contributed by atoms with E-state index in [2.05, 4.69) is 35.4 Å². The predicted molar refractivity (Wildman–Crippen MR) is 76.4 cm³/mol. The highest BCUT2D eigenvalue weighted by Gasteiger charge is 2.23. The molecule has 0 bridgehead atoms. The molecule has 1 atom stereocenters. The largest absolute Gasteiger partial charge is 0.304 e. The van der Waals surface area contributed by atoms with E-state index in [9.17, 15) is 0 Å². The third kappa shape index (κ3) is 2.67. The fraction of sp³-hybridized carbons (Fsp3) is 0.538. The summed E-state index contributed by atoms with van der Waals surface area (Å²) < 4.78 is 3.82. The maximum Gasteiger partial charge on any atom is 0.0933 e. The van der Waals surface area contributed by atoms with Crippen molar-refractivity contribution in [1.82, 2.24) is 24.9 Å². The van der Waals surface area contributed by atoms with Crippen LogP contribution in [-0.2, 0) is 13.6 Å². The van der Waals surface area contributed by atoms with E-state index >= 15 is 0 Å². The van der Waals surface area contributed by atoms with Crippen molar-refractivity contribution in [3.05, 3.63) is 34.4 Å². The average Bonchev–Trinajstić information content (AvgIpc) is 2.91. The van der Waals surface area contributed by atoms with E-state index in [1.54, 1.807) is 6.20 Å². The Kier molecular flexibility index (Phi) is 4.27. The molecule has 0 aromatic carbocycles. The van der Waals surface area contributed by atoms with Gasteiger partial charge in [-0.1, -0.05) is 18.5 Å². The van der Waals surface area contributed by atoms with Gasteiger partial charge >= 0.3 is 0 Å². The van der Waals surface area contributed by atoms with E-state index in [-0.39, 0.29) is 6.04 Å². The van der Waals surface area contributed by atoms with Gasteiger partial charge in [-0.25, -0.2) is 0 Å². The number of aryl methyl sites for hydroxylation is 3. The summed E-state index contributed by atoms with van der Waals surface area (Å²) in [6.45, 7) is 7.85. The first-order chi connectivity index (χ1) is 9.08. The highest BCUT2D eigenvalue weighted by atomic mass is 35.5. The molecule has 0 saturated carbocycles. The monoisotopic (exact) mass is 281 g/mol. The lowest BCUT2D eigenvalue weighted by Crippen LogP contribution is -2.27. The molecule has 5 nitrogen and oxygen atoms in total. The minimum atomic E-state index is 0.00569. The van der Waals surface area contributed by atoms with Crippen LogP contribution in [0.15, 0.2) is 12.3 Å². The fourth-order valence-corrected chi connectivity index (χ4v) is 2.62. The smallest absolute Gasteiger partial charge is 0.0933 e. The van der Waals surface area contributed by atoms with Crippen molar-refractivity contribution in [1.29, 1.82) is 0 Å². The quantitative estimate of drug-likeness (QED) is 0.915. The molecule has 2 heterocycles. The Hall–Kier alpha value is -1.33. The van der Waals surface area contributed by atoms with E-state index in [4.69, 9.17) is 11.6 Å². The molecule has 0 amide bonds. The maximum absolute atomic E-state index is 6.27. The number of hydrogen-bond acceptors (Lipinski definition) is 3. The number of halogens is 1. The van der Waals surface area contributed by atoms with Crippen molar-refractivity contribution in [2.24, 2.45) is 7.05 Å². The molecule has 0 aliphatic carbocycles. The minimum Gasteiger partial charge on any atom is -0.304 e. The summed E-state index contributed by atoms with van der Waals surface area (Å²) in [5.74, 6) is 0. The second-order valence-electron chi connectivity index (χ2n) is 4.52. The number of hydrogen-bond donors (Lipinski definition) is 1. The van der Waals surface area contributed by atoms with Gasteiger partial charge in [-0.3, -0.25) is 9.36 Å². The molecule has 1 unspecified atom stereocenters. The lowest BCUT2D eigenvalue weighted by molar-refractivity contribution is 0.514. The van der Waals surface area contributed by atoms with Gasteiger partial charge in [0, 0.05) is 13.6 Å². The molecule has 0 saturated heterocycles. The zero-order chi connectivity index (χ0) is 14.0. The SMILES string of the molecule is CCNC(c1c(Cl)cnn1C)c1cc(C)nn1CC. The standard InChI is InChI=1S/C13H20ClN5/c1-5-15-12(13-10(14)8-16-18(13)4)11-7-9(3)17-19(11)6-2/h7-8,12,15H,5-6H2,1-4H3. The van der Waals surface area contributed by atoms with Crippen LogP contribution in [0.25, 0.3) is 0 Å². The molecule has 0 aliphatic rings. The van der Waals surface area contributed by atoms with Gasteiger partial charge in [0.1, 0.15) is 0 Å². The Morgan fingerprint density at radius 2 is 2.16 bits per heavy atom. The summed E-state index contributed by atoms with van der Waals surface area (Å²) in [5, 5.41) is 12.9. The van der Waals surface area contributed by atoms with Crippen LogP contribution in [0.5, 0.6) is 0 Å². The van der Waals surface area contributed by atoms with Crippen LogP contribution < -0.4 is 5.32 Å². The topological polar surface area (TPSA) is 47.7 Å². The average molecular weight is 282 g/mol. The summed E-state index contributed by atoms with van der Waals surface area (Å²) in [6, 6.07) is 2.10. The Morgan fingerprint density at radius 1 is 1.42 bits per heavy atom. The van der Waals surface area contributed by atoms with Gasteiger partial charge < -0.3 is 5.32 Å². The van der Waals surface area contributed by atoms with Crippen molar-refractivity contribution < 1.29 is 0 Å². The second-order valence-corrected chi connectivity index (χ2v) is 4.93. The highest BCUT2D eigenvalue weighted by Crippen LogP contribution is 2.28. The van der Waals surface area contributed by atoms with Crippen molar-refractivity contribution in [2.45, 2.75) is 33.4 Å². The Bertz CT molecular complexity index is 538. The lowest BCUT2D eigenvalue weighted by Gasteiger charge is -2.19. The minimum absolute atomic E-state index is 0.00569. The van der Waals surface area contributed by atoms with E-state index in [0.717, 1.165) is 30.2 Å². The maximum atomic E-state index is 6.27. The third-order valence-electron chi connectivity index (χ3n) is 3.15. The Morgan fingerprint density at radius 3 is 2.68 bits per heavy atom. The fourth-order valence-electron chi connectivity index (χ4n) is 2.34. The molecule has 6 heteroatoms. The van der Waals surface area contributed by atoms with Gasteiger partial charge in [-0.05, 0) is 26.5 Å². The summed E-state index contributed by atoms with van der Waals surface area (Å²) in [7, 11) is 1.91. The molecule has 1 N–H and O–H groups in total. The summed E-state index contributed by atoms with van der Waals surface area (Å²) in [5.41, 5.74) is 3.10. The second kappa shape index (κ2) is 5.75. The molecule has 104 valence electrons. The molecule has 2 aromatic rings. The van der Waals surface area contributed by atoms with Crippen molar-refractivity contribution >= 4 is 11.6 Å². The van der Waals surface area contributed by atoms with Crippen molar-refractivity contribution in [2.75, 3.05) is 6.54 Å². The molecule has 2 rings (SSSR count). The van der Waals surface area contributed by atoms with Crippen molar-refractivity contribution in [3.8, 4) is 0 Å². The van der Waals surface area contributed by atoms with Crippen LogP contribution in [0.2, 0.25) is 5.02 Å². The molecular weight excluding hydrogens is 262 g/mol. The van der Waals surface area contributed by atoms with Crippen LogP contribution in [0.4, 0.5) is 0 Å². The van der Waals surface area contributed by atoms with Crippen LogP contribution in [0, 0.1) is 6.92 Å². The van der Waals surface area contributed by atoms with E-state index in [1.807, 2.05) is 23.3 Å². The van der Waals surface area contributed by atoms with E-state index in [1.165, 1.54) is 0 Å². The Balaban J connectivity index is 2.51. The van der Waals surface area contributed by atoms with Crippen LogP contribution in [0.1, 0.15) is 37.0 Å². The van der Waals surface area contributed by atoms with Gasteiger partial charge in [0.15, 0.2) is 0 Å². The zero-order valence-electron chi connectivity index (χ0n) is 11.8. The van der Waals surface area contributed by atoms with Crippen LogP contribution in [0.3, 0.4) is 0 Å². The van der Waals surface area contributed by atoms with Crippen LogP contribution in [-0.4, -0.2) is 26.1 Å². The van der Waals surface area contributed by atoms with Gasteiger partial charge in [0.2, 0.25) is 0 Å². The zero-order valence-corrected chi connectivity index (χ0v) is 12.6. The van der Waals surface area contributed by atoms with Gasteiger partial charge in [-0.2, -0.15) is 10.2 Å². The van der Waals surface area contributed by atoms with Gasteiger partial charge in [-0.15, -0.1) is 0 Å². The molecule has 0 spiro atoms. The summed E-state index contributed by atoms with van der Waals surface area (Å²) in [6.07, 6.45) is 1.68. The summed E-state index contributed by atoms with van der Waals surface area (Å²) >= 11 is 6.27. The third-order valence-corrected chi connectivity index (χ3v) is 3.44. The molecule has 0 aliphatic heterocycles. The molecule has 0 radical (unpaired) electrons.